The highest BCUT2D eigenvalue weighted by Gasteiger charge is 2.29. The number of hydrogen-bond acceptors (Lipinski definition) is 4. The molecule has 158 valence electrons. The molecule has 6 nitrogen and oxygen atoms in total. The minimum atomic E-state index is -1.09. The molecule has 3 aromatic rings. The Balaban J connectivity index is 1.39. The number of pyridine rings is 1. The van der Waals surface area contributed by atoms with Crippen molar-refractivity contribution in [3.05, 3.63) is 89.2 Å². The topological polar surface area (TPSA) is 88.5 Å². The first-order valence-corrected chi connectivity index (χ1v) is 10.3. The maximum absolute atomic E-state index is 12.4. The smallest absolute Gasteiger partial charge is 0.407 e. The van der Waals surface area contributed by atoms with Crippen LogP contribution in [-0.2, 0) is 16.0 Å². The lowest BCUT2D eigenvalue weighted by Gasteiger charge is -2.17. The predicted octanol–water partition coefficient (Wildman–Crippen LogP) is 4.31. The molecule has 0 bridgehead atoms. The molecule has 1 aromatic heterocycles. The number of aliphatic carboxylic acids is 1. The Bertz CT molecular complexity index is 1070. The summed E-state index contributed by atoms with van der Waals surface area (Å²) in [5.74, 6) is -1.16. The standard InChI is InChI=1S/C25H24N2O4/c1-16-17(7-6-14-26-16)12-13-23(24(28)29)27-25(30)31-15-22-20-10-4-2-8-18(20)19-9-3-5-11-21(19)22/h2-11,14,22-23H,12-13,15H2,1H3,(H,27,30)(H,28,29). The van der Waals surface area contributed by atoms with Crippen molar-refractivity contribution < 1.29 is 19.4 Å². The first kappa shape index (κ1) is 20.6. The Morgan fingerprint density at radius 3 is 2.29 bits per heavy atom. The number of carbonyl (C=O) groups is 2. The molecular weight excluding hydrogens is 392 g/mol. The van der Waals surface area contributed by atoms with E-state index in [-0.39, 0.29) is 18.9 Å². The first-order valence-electron chi connectivity index (χ1n) is 10.3. The van der Waals surface area contributed by atoms with Crippen molar-refractivity contribution >= 4 is 12.1 Å². The molecule has 0 spiro atoms. The number of alkyl carbamates (subject to hydrolysis) is 1. The average molecular weight is 416 g/mol. The molecule has 0 saturated heterocycles. The van der Waals surface area contributed by atoms with E-state index in [0.29, 0.717) is 6.42 Å². The summed E-state index contributed by atoms with van der Waals surface area (Å²) in [6, 6.07) is 18.8. The second-order valence-electron chi connectivity index (χ2n) is 7.65. The molecule has 0 fully saturated rings. The average Bonchev–Trinajstić information content (AvgIpc) is 3.10. The van der Waals surface area contributed by atoms with E-state index in [1.165, 1.54) is 0 Å². The molecular formula is C25H24N2O4. The Kier molecular flexibility index (Phi) is 5.98. The van der Waals surface area contributed by atoms with Gasteiger partial charge >= 0.3 is 12.1 Å². The molecule has 1 unspecified atom stereocenters. The van der Waals surface area contributed by atoms with Crippen LogP contribution >= 0.6 is 0 Å². The van der Waals surface area contributed by atoms with Gasteiger partial charge in [-0.15, -0.1) is 0 Å². The van der Waals surface area contributed by atoms with Crippen molar-refractivity contribution in [1.82, 2.24) is 10.3 Å². The molecule has 0 aliphatic heterocycles. The number of aryl methyl sites for hydroxylation is 2. The molecule has 1 aliphatic carbocycles. The van der Waals surface area contributed by atoms with Gasteiger partial charge in [-0.2, -0.15) is 0 Å². The van der Waals surface area contributed by atoms with Crippen LogP contribution in [0.5, 0.6) is 0 Å². The van der Waals surface area contributed by atoms with Crippen LogP contribution in [-0.4, -0.2) is 34.8 Å². The molecule has 4 rings (SSSR count). The summed E-state index contributed by atoms with van der Waals surface area (Å²) in [6.45, 7) is 2.03. The molecule has 31 heavy (non-hydrogen) atoms. The zero-order chi connectivity index (χ0) is 21.8. The van der Waals surface area contributed by atoms with Gasteiger partial charge in [0.25, 0.3) is 0 Å². The summed E-state index contributed by atoms with van der Waals surface area (Å²) in [5.41, 5.74) is 6.32. The van der Waals surface area contributed by atoms with E-state index in [2.05, 4.69) is 22.4 Å². The number of carbonyl (C=O) groups excluding carboxylic acids is 1. The Labute approximate surface area is 180 Å². The van der Waals surface area contributed by atoms with E-state index < -0.39 is 18.1 Å². The third kappa shape index (κ3) is 4.43. The van der Waals surface area contributed by atoms with Gasteiger partial charge in [-0.3, -0.25) is 4.98 Å². The van der Waals surface area contributed by atoms with Crippen LogP contribution in [0.1, 0.15) is 34.7 Å². The number of carboxylic acid groups (broad SMARTS) is 1. The number of nitrogens with zero attached hydrogens (tertiary/aromatic N) is 1. The van der Waals surface area contributed by atoms with Crippen LogP contribution < -0.4 is 5.32 Å². The van der Waals surface area contributed by atoms with Gasteiger partial charge in [0.15, 0.2) is 0 Å². The largest absolute Gasteiger partial charge is 0.480 e. The molecule has 0 saturated carbocycles. The lowest BCUT2D eigenvalue weighted by Crippen LogP contribution is -2.41. The van der Waals surface area contributed by atoms with Crippen LogP contribution in [0.4, 0.5) is 4.79 Å². The Morgan fingerprint density at radius 2 is 1.68 bits per heavy atom. The fraction of sp³-hybridized carbons (Fsp3) is 0.240. The summed E-state index contributed by atoms with van der Waals surface area (Å²) in [6.07, 6.45) is 1.73. The number of nitrogens with one attached hydrogen (secondary N) is 1. The fourth-order valence-electron chi connectivity index (χ4n) is 4.12. The number of hydrogen-bond donors (Lipinski definition) is 2. The van der Waals surface area contributed by atoms with Crippen LogP contribution in [0, 0.1) is 6.92 Å². The Morgan fingerprint density at radius 1 is 1.03 bits per heavy atom. The molecule has 2 aromatic carbocycles. The third-order valence-corrected chi connectivity index (χ3v) is 5.75. The molecule has 1 amide bonds. The number of aromatic nitrogens is 1. The minimum Gasteiger partial charge on any atom is -0.480 e. The summed E-state index contributed by atoms with van der Waals surface area (Å²) in [7, 11) is 0. The molecule has 1 heterocycles. The molecule has 0 radical (unpaired) electrons. The van der Waals surface area contributed by atoms with E-state index >= 15 is 0 Å². The predicted molar refractivity (Wildman–Crippen MR) is 117 cm³/mol. The summed E-state index contributed by atoms with van der Waals surface area (Å²) in [4.78, 5) is 28.3. The lowest BCUT2D eigenvalue weighted by molar-refractivity contribution is -0.139. The van der Waals surface area contributed by atoms with Crippen molar-refractivity contribution in [1.29, 1.82) is 0 Å². The Hall–Kier alpha value is -3.67. The monoisotopic (exact) mass is 416 g/mol. The SMILES string of the molecule is Cc1ncccc1CCC(NC(=O)OCC1c2ccccc2-c2ccccc21)C(=O)O. The fourth-order valence-corrected chi connectivity index (χ4v) is 4.12. The number of rotatable bonds is 7. The number of amides is 1. The lowest BCUT2D eigenvalue weighted by atomic mass is 9.98. The van der Waals surface area contributed by atoms with Crippen LogP contribution in [0.25, 0.3) is 11.1 Å². The van der Waals surface area contributed by atoms with Crippen LogP contribution in [0.3, 0.4) is 0 Å². The maximum Gasteiger partial charge on any atom is 0.407 e. The quantitative estimate of drug-likeness (QED) is 0.599. The van der Waals surface area contributed by atoms with E-state index in [4.69, 9.17) is 4.74 Å². The van der Waals surface area contributed by atoms with Gasteiger partial charge in [-0.1, -0.05) is 54.6 Å². The first-order chi connectivity index (χ1) is 15.0. The second-order valence-corrected chi connectivity index (χ2v) is 7.65. The van der Waals surface area contributed by atoms with Crippen LogP contribution in [0.15, 0.2) is 66.9 Å². The molecule has 6 heteroatoms. The number of fused-ring (bicyclic) bond motifs is 3. The van der Waals surface area contributed by atoms with Gasteiger partial charge in [-0.05, 0) is 53.6 Å². The van der Waals surface area contributed by atoms with Crippen molar-refractivity contribution in [3.63, 3.8) is 0 Å². The number of ether oxygens (including phenoxy) is 1. The van der Waals surface area contributed by atoms with Crippen LogP contribution in [0.2, 0.25) is 0 Å². The summed E-state index contributed by atoms with van der Waals surface area (Å²) < 4.78 is 5.47. The van der Waals surface area contributed by atoms with E-state index in [1.807, 2.05) is 55.5 Å². The van der Waals surface area contributed by atoms with Crippen molar-refractivity contribution in [3.8, 4) is 11.1 Å². The van der Waals surface area contributed by atoms with Crippen molar-refractivity contribution in [2.45, 2.75) is 31.7 Å². The third-order valence-electron chi connectivity index (χ3n) is 5.75. The highest BCUT2D eigenvalue weighted by Crippen LogP contribution is 2.44. The van der Waals surface area contributed by atoms with Crippen molar-refractivity contribution in [2.75, 3.05) is 6.61 Å². The normalized spacial score (nSPS) is 13.2. The van der Waals surface area contributed by atoms with Gasteiger partial charge in [0, 0.05) is 17.8 Å². The summed E-state index contributed by atoms with van der Waals surface area (Å²) >= 11 is 0. The number of carboxylic acids is 1. The van der Waals surface area contributed by atoms with E-state index in [0.717, 1.165) is 33.5 Å². The zero-order valence-electron chi connectivity index (χ0n) is 17.2. The highest BCUT2D eigenvalue weighted by atomic mass is 16.5. The van der Waals surface area contributed by atoms with Crippen molar-refractivity contribution in [2.24, 2.45) is 0 Å². The van der Waals surface area contributed by atoms with Gasteiger partial charge < -0.3 is 15.2 Å². The highest BCUT2D eigenvalue weighted by molar-refractivity contribution is 5.81. The van der Waals surface area contributed by atoms with E-state index in [1.54, 1.807) is 6.20 Å². The maximum atomic E-state index is 12.4. The molecule has 1 atom stereocenters. The molecule has 2 N–H and O–H groups in total. The summed E-state index contributed by atoms with van der Waals surface area (Å²) in [5, 5.41) is 12.0. The van der Waals surface area contributed by atoms with Gasteiger partial charge in [0.2, 0.25) is 0 Å². The molecule has 1 aliphatic rings. The second kappa shape index (κ2) is 9.00. The van der Waals surface area contributed by atoms with Gasteiger partial charge in [0.05, 0.1) is 0 Å². The van der Waals surface area contributed by atoms with Gasteiger partial charge in [0.1, 0.15) is 12.6 Å². The minimum absolute atomic E-state index is 0.0699. The zero-order valence-corrected chi connectivity index (χ0v) is 17.2. The number of benzene rings is 2. The van der Waals surface area contributed by atoms with Gasteiger partial charge in [-0.25, -0.2) is 9.59 Å². The van der Waals surface area contributed by atoms with E-state index in [9.17, 15) is 14.7 Å².